The molecule has 1 aliphatic heterocycles. The molecule has 0 aliphatic carbocycles. The Morgan fingerprint density at radius 2 is 1.48 bits per heavy atom. The normalized spacial score (nSPS) is 14.5. The topological polar surface area (TPSA) is 175 Å². The fourth-order valence-corrected chi connectivity index (χ4v) is 7.93. The molecule has 58 heavy (non-hydrogen) atoms. The van der Waals surface area contributed by atoms with Gasteiger partial charge in [-0.15, -0.1) is 0 Å². The van der Waals surface area contributed by atoms with Crippen molar-refractivity contribution in [3.05, 3.63) is 108 Å². The lowest BCUT2D eigenvalue weighted by atomic mass is 9.98. The number of aromatic nitrogens is 4. The third-order valence-electron chi connectivity index (χ3n) is 10.8. The van der Waals surface area contributed by atoms with Crippen LogP contribution in [0.15, 0.2) is 91.0 Å². The van der Waals surface area contributed by atoms with Gasteiger partial charge in [0, 0.05) is 23.9 Å². The number of methoxy groups -OCH3 is 2. The minimum absolute atomic E-state index is 0.156. The van der Waals surface area contributed by atoms with Crippen LogP contribution >= 0.6 is 0 Å². The monoisotopic (exact) mass is 780 g/mol. The highest BCUT2D eigenvalue weighted by molar-refractivity contribution is 6.07. The maximum atomic E-state index is 14.0. The van der Waals surface area contributed by atoms with E-state index < -0.39 is 18.2 Å². The molecule has 4 N–H and O–H groups in total. The van der Waals surface area contributed by atoms with Crippen molar-refractivity contribution in [2.24, 2.45) is 0 Å². The van der Waals surface area contributed by atoms with Crippen LogP contribution in [0.5, 0.6) is 0 Å². The fraction of sp³-hybridized carbons (Fsp3) is 0.273. The van der Waals surface area contributed by atoms with Crippen molar-refractivity contribution in [2.45, 2.75) is 44.8 Å². The lowest BCUT2D eigenvalue weighted by molar-refractivity contribution is -0.134. The minimum Gasteiger partial charge on any atom is -0.453 e. The summed E-state index contributed by atoms with van der Waals surface area (Å²) in [5, 5.41) is 9.25. The first-order chi connectivity index (χ1) is 28.2. The van der Waals surface area contributed by atoms with Gasteiger partial charge in [0.15, 0.2) is 0 Å². The second-order valence-corrected chi connectivity index (χ2v) is 14.4. The number of nitrogens with zero attached hydrogens (tertiary/aromatic N) is 4. The Bertz CT molecular complexity index is 2670. The first-order valence-corrected chi connectivity index (χ1v) is 19.4. The molecule has 1 saturated heterocycles. The fourth-order valence-electron chi connectivity index (χ4n) is 7.93. The van der Waals surface area contributed by atoms with E-state index in [1.54, 1.807) is 9.80 Å². The van der Waals surface area contributed by atoms with Crippen molar-refractivity contribution in [1.82, 2.24) is 40.4 Å². The van der Waals surface area contributed by atoms with E-state index in [4.69, 9.17) is 14.7 Å². The summed E-state index contributed by atoms with van der Waals surface area (Å²) in [6, 6.07) is 28.9. The van der Waals surface area contributed by atoms with E-state index >= 15 is 0 Å². The van der Waals surface area contributed by atoms with Gasteiger partial charge in [0.2, 0.25) is 5.91 Å². The van der Waals surface area contributed by atoms with Gasteiger partial charge in [-0.2, -0.15) is 0 Å². The highest BCUT2D eigenvalue weighted by Gasteiger charge is 2.37. The van der Waals surface area contributed by atoms with Gasteiger partial charge in [0.1, 0.15) is 24.2 Å². The third kappa shape index (κ3) is 7.48. The number of amides is 4. The van der Waals surface area contributed by atoms with Gasteiger partial charge < -0.3 is 39.9 Å². The standard InChI is InChI=1S/C44H44N8O6/c1-4-20-51(37(53)24-45-43(55)57-2)25-36-46-33-18-14-29-22-27(12-16-31(29)39(33)48-36)28-13-17-32-30(23-28)15-19-34-40(32)49-41(47-34)35-11-8-21-52(35)42(54)38(50-44(56)58-3)26-9-6-5-7-10-26/h5-7,9-10,12-19,22-23,35,38H,4,8,11,20-21,24-25H2,1-3H3,(H,45,55)(H,46,48)(H,47,49)(H,50,56)/t35-,38+/m0/s1. The summed E-state index contributed by atoms with van der Waals surface area (Å²) in [4.78, 5) is 71.0. The van der Waals surface area contributed by atoms with Gasteiger partial charge in [0.05, 0.1) is 48.9 Å². The maximum Gasteiger partial charge on any atom is 0.407 e. The van der Waals surface area contributed by atoms with Crippen LogP contribution in [-0.2, 0) is 25.6 Å². The van der Waals surface area contributed by atoms with E-state index in [0.29, 0.717) is 30.3 Å². The predicted molar refractivity (Wildman–Crippen MR) is 221 cm³/mol. The molecule has 5 aromatic carbocycles. The first-order valence-electron chi connectivity index (χ1n) is 19.4. The average molecular weight is 781 g/mol. The molecular formula is C44H44N8O6. The molecule has 0 unspecified atom stereocenters. The Morgan fingerprint density at radius 1 is 0.828 bits per heavy atom. The number of aromatic amines is 2. The molecule has 0 bridgehead atoms. The molecule has 2 atom stereocenters. The molecule has 0 radical (unpaired) electrons. The molecule has 8 rings (SSSR count). The molecule has 0 spiro atoms. The van der Waals surface area contributed by atoms with Crippen molar-refractivity contribution in [2.75, 3.05) is 33.9 Å². The zero-order valence-electron chi connectivity index (χ0n) is 32.5. The van der Waals surface area contributed by atoms with Crippen LogP contribution in [0.25, 0.3) is 54.7 Å². The van der Waals surface area contributed by atoms with E-state index in [1.807, 2.05) is 49.4 Å². The molecule has 2 aromatic heterocycles. The quantitative estimate of drug-likeness (QED) is 0.106. The molecule has 14 heteroatoms. The Hall–Kier alpha value is -6.96. The number of imidazole rings is 2. The molecule has 1 aliphatic rings. The number of carbonyl (C=O) groups is 4. The van der Waals surface area contributed by atoms with Gasteiger partial charge in [-0.25, -0.2) is 19.6 Å². The van der Waals surface area contributed by atoms with Gasteiger partial charge in [-0.3, -0.25) is 9.59 Å². The van der Waals surface area contributed by atoms with Crippen LogP contribution in [-0.4, -0.2) is 87.6 Å². The average Bonchev–Trinajstić information content (AvgIpc) is 4.03. The van der Waals surface area contributed by atoms with E-state index in [9.17, 15) is 19.2 Å². The van der Waals surface area contributed by atoms with Gasteiger partial charge in [-0.1, -0.05) is 73.7 Å². The van der Waals surface area contributed by atoms with Crippen molar-refractivity contribution in [1.29, 1.82) is 0 Å². The molecule has 4 amide bonds. The van der Waals surface area contributed by atoms with Crippen molar-refractivity contribution in [3.8, 4) is 11.1 Å². The number of ether oxygens (including phenoxy) is 2. The number of hydrogen-bond acceptors (Lipinski definition) is 8. The smallest absolute Gasteiger partial charge is 0.407 e. The molecule has 1 fully saturated rings. The summed E-state index contributed by atoms with van der Waals surface area (Å²) in [6.07, 6.45) is 0.991. The number of nitrogens with one attached hydrogen (secondary N) is 4. The van der Waals surface area contributed by atoms with E-state index in [1.165, 1.54) is 14.2 Å². The maximum absolute atomic E-state index is 14.0. The highest BCUT2D eigenvalue weighted by Crippen LogP contribution is 2.37. The Balaban J connectivity index is 1.04. The lowest BCUT2D eigenvalue weighted by Crippen LogP contribution is -2.42. The number of fused-ring (bicyclic) bond motifs is 6. The number of alkyl carbamates (subject to hydrolysis) is 2. The number of likely N-dealkylation sites (tertiary alicyclic amines) is 1. The van der Waals surface area contributed by atoms with Gasteiger partial charge in [0.25, 0.3) is 5.91 Å². The van der Waals surface area contributed by atoms with Crippen LogP contribution in [0, 0.1) is 0 Å². The first kappa shape index (κ1) is 37.9. The Morgan fingerprint density at radius 3 is 2.14 bits per heavy atom. The second-order valence-electron chi connectivity index (χ2n) is 14.4. The lowest BCUT2D eigenvalue weighted by Gasteiger charge is -2.28. The summed E-state index contributed by atoms with van der Waals surface area (Å²) in [5.74, 6) is 0.940. The number of H-pyrrole nitrogens is 2. The van der Waals surface area contributed by atoms with Crippen LogP contribution in [0.1, 0.15) is 55.5 Å². The predicted octanol–water partition coefficient (Wildman–Crippen LogP) is 7.27. The van der Waals surface area contributed by atoms with E-state index in [-0.39, 0.29) is 30.9 Å². The number of rotatable bonds is 11. The van der Waals surface area contributed by atoms with E-state index in [0.717, 1.165) is 74.0 Å². The summed E-state index contributed by atoms with van der Waals surface area (Å²) in [7, 11) is 2.54. The van der Waals surface area contributed by atoms with Gasteiger partial charge in [-0.05, 0) is 71.0 Å². The van der Waals surface area contributed by atoms with Crippen LogP contribution in [0.2, 0.25) is 0 Å². The molecule has 7 aromatic rings. The summed E-state index contributed by atoms with van der Waals surface area (Å²) >= 11 is 0. The minimum atomic E-state index is -0.890. The SMILES string of the molecule is CCCN(Cc1nc2c(ccc3cc(-c4ccc5c(ccc6[nH]c([C@@H]7CCCN7C(=O)[C@H](NC(=O)OC)c7ccccc7)nc65)c4)ccc32)[nH]1)C(=O)CNC(=O)OC. The van der Waals surface area contributed by atoms with Gasteiger partial charge >= 0.3 is 12.2 Å². The molecule has 14 nitrogen and oxygen atoms in total. The zero-order chi connectivity index (χ0) is 40.3. The summed E-state index contributed by atoms with van der Waals surface area (Å²) in [5.41, 5.74) is 6.20. The van der Waals surface area contributed by atoms with E-state index in [2.05, 4.69) is 73.9 Å². The van der Waals surface area contributed by atoms with Crippen LogP contribution < -0.4 is 10.6 Å². The number of carbonyl (C=O) groups excluding carboxylic acids is 4. The summed E-state index contributed by atoms with van der Waals surface area (Å²) in [6.45, 7) is 3.19. The Kier molecular flexibility index (Phi) is 10.6. The third-order valence-corrected chi connectivity index (χ3v) is 10.8. The molecule has 3 heterocycles. The van der Waals surface area contributed by atoms with Crippen molar-refractivity contribution >= 4 is 67.6 Å². The van der Waals surface area contributed by atoms with Crippen molar-refractivity contribution < 1.29 is 28.7 Å². The second kappa shape index (κ2) is 16.3. The number of benzene rings is 5. The van der Waals surface area contributed by atoms with Crippen molar-refractivity contribution in [3.63, 3.8) is 0 Å². The summed E-state index contributed by atoms with van der Waals surface area (Å²) < 4.78 is 9.45. The molecule has 296 valence electrons. The van der Waals surface area contributed by atoms with Crippen LogP contribution in [0.3, 0.4) is 0 Å². The Labute approximate surface area is 333 Å². The largest absolute Gasteiger partial charge is 0.453 e. The number of hydrogen-bond donors (Lipinski definition) is 4. The van der Waals surface area contributed by atoms with Crippen LogP contribution in [0.4, 0.5) is 9.59 Å². The zero-order valence-corrected chi connectivity index (χ0v) is 32.5. The molecule has 0 saturated carbocycles. The highest BCUT2D eigenvalue weighted by atomic mass is 16.5. The molecular weight excluding hydrogens is 737 g/mol.